The molecule has 0 aliphatic rings. The minimum atomic E-state index is -0.332. The number of nitrogens with two attached hydrogens (primary N) is 1. The molecule has 0 saturated carbocycles. The van der Waals surface area contributed by atoms with E-state index < -0.39 is 0 Å². The van der Waals surface area contributed by atoms with Gasteiger partial charge >= 0.3 is 6.03 Å². The Labute approximate surface area is 111 Å². The number of hydrogen-bond donors (Lipinski definition) is 3. The smallest absolute Gasteiger partial charge is 0.319 e. The Hall–Kier alpha value is -2.50. The van der Waals surface area contributed by atoms with E-state index in [4.69, 9.17) is 10.2 Å². The molecule has 0 bridgehead atoms. The Kier molecular flexibility index (Phi) is 4.02. The third kappa shape index (κ3) is 3.74. The van der Waals surface area contributed by atoms with Gasteiger partial charge in [-0.2, -0.15) is 0 Å². The van der Waals surface area contributed by atoms with Gasteiger partial charge in [-0.25, -0.2) is 9.78 Å². The number of aryl methyl sites for hydroxylation is 1. The number of rotatable bonds is 4. The number of nitrogens with zero attached hydrogens (tertiary/aromatic N) is 1. The van der Waals surface area contributed by atoms with Crippen LogP contribution in [0.1, 0.15) is 18.6 Å². The fourth-order valence-electron chi connectivity index (χ4n) is 1.54. The predicted molar refractivity (Wildman–Crippen MR) is 72.6 cm³/mol. The van der Waals surface area contributed by atoms with Crippen LogP contribution in [-0.2, 0) is 13.0 Å². The first-order chi connectivity index (χ1) is 9.17. The lowest BCUT2D eigenvalue weighted by Crippen LogP contribution is -2.28. The van der Waals surface area contributed by atoms with E-state index in [0.29, 0.717) is 17.3 Å². The fraction of sp³-hybridized carbons (Fsp3) is 0.231. The Morgan fingerprint density at radius 2 is 2.32 bits per heavy atom. The molecule has 100 valence electrons. The van der Waals surface area contributed by atoms with Crippen molar-refractivity contribution in [1.82, 2.24) is 10.3 Å². The summed E-state index contributed by atoms with van der Waals surface area (Å²) in [6.07, 6.45) is 2.44. The van der Waals surface area contributed by atoms with Crippen molar-refractivity contribution in [3.05, 3.63) is 42.1 Å². The molecule has 0 unspecified atom stereocenters. The first-order valence-corrected chi connectivity index (χ1v) is 6.01. The van der Waals surface area contributed by atoms with Crippen LogP contribution in [0.15, 0.2) is 34.9 Å². The molecule has 1 aromatic heterocycles. The van der Waals surface area contributed by atoms with Crippen molar-refractivity contribution < 1.29 is 9.21 Å². The van der Waals surface area contributed by atoms with Gasteiger partial charge in [0, 0.05) is 17.8 Å². The number of carbonyl (C=O) groups excluding carboxylic acids is 1. The van der Waals surface area contributed by atoms with Gasteiger partial charge in [0.05, 0.1) is 12.7 Å². The van der Waals surface area contributed by atoms with Gasteiger partial charge in [0.15, 0.2) is 0 Å². The van der Waals surface area contributed by atoms with E-state index in [1.807, 2.05) is 6.92 Å². The lowest BCUT2D eigenvalue weighted by Gasteiger charge is -2.06. The molecule has 0 atom stereocenters. The monoisotopic (exact) mass is 260 g/mol. The standard InChI is InChI=1S/C13H16N4O2/c1-2-11-7-15-12(19-11)8-16-13(18)17-10-5-3-4-9(14)6-10/h3-7H,2,8,14H2,1H3,(H2,16,17,18). The van der Waals surface area contributed by atoms with Crippen LogP contribution >= 0.6 is 0 Å². The summed E-state index contributed by atoms with van der Waals surface area (Å²) in [6, 6.07) is 6.63. The molecule has 19 heavy (non-hydrogen) atoms. The van der Waals surface area contributed by atoms with Crippen LogP contribution < -0.4 is 16.4 Å². The number of amides is 2. The highest BCUT2D eigenvalue weighted by atomic mass is 16.4. The van der Waals surface area contributed by atoms with E-state index in [0.717, 1.165) is 12.2 Å². The molecule has 6 nitrogen and oxygen atoms in total. The number of oxazole rings is 1. The van der Waals surface area contributed by atoms with E-state index in [-0.39, 0.29) is 12.6 Å². The van der Waals surface area contributed by atoms with E-state index >= 15 is 0 Å². The van der Waals surface area contributed by atoms with Crippen molar-refractivity contribution in [1.29, 1.82) is 0 Å². The molecule has 0 fully saturated rings. The second-order valence-corrected chi connectivity index (χ2v) is 4.01. The molecule has 1 aromatic carbocycles. The number of benzene rings is 1. The minimum absolute atomic E-state index is 0.244. The lowest BCUT2D eigenvalue weighted by molar-refractivity contribution is 0.250. The first kappa shape index (κ1) is 12.9. The predicted octanol–water partition coefficient (Wildman–Crippen LogP) is 2.14. The number of anilines is 2. The Bertz CT molecular complexity index is 565. The van der Waals surface area contributed by atoms with Crippen molar-refractivity contribution in [3.8, 4) is 0 Å². The molecule has 0 aliphatic heterocycles. The van der Waals surface area contributed by atoms with Crippen molar-refractivity contribution in [2.45, 2.75) is 19.9 Å². The van der Waals surface area contributed by atoms with E-state index in [1.165, 1.54) is 0 Å². The van der Waals surface area contributed by atoms with Crippen molar-refractivity contribution >= 4 is 17.4 Å². The maximum Gasteiger partial charge on any atom is 0.319 e. The number of nitrogens with one attached hydrogen (secondary N) is 2. The number of hydrogen-bond acceptors (Lipinski definition) is 4. The van der Waals surface area contributed by atoms with Crippen molar-refractivity contribution in [2.75, 3.05) is 11.1 Å². The molecule has 4 N–H and O–H groups in total. The average Bonchev–Trinajstić information content (AvgIpc) is 2.84. The van der Waals surface area contributed by atoms with Crippen molar-refractivity contribution in [2.24, 2.45) is 0 Å². The summed E-state index contributed by atoms with van der Waals surface area (Å²) in [7, 11) is 0. The number of aromatic nitrogens is 1. The normalized spacial score (nSPS) is 10.2. The molecule has 0 aliphatic carbocycles. The van der Waals surface area contributed by atoms with Gasteiger partial charge in [-0.05, 0) is 18.2 Å². The van der Waals surface area contributed by atoms with Crippen LogP contribution in [0.2, 0.25) is 0 Å². The Morgan fingerprint density at radius 3 is 3.00 bits per heavy atom. The van der Waals surface area contributed by atoms with Crippen LogP contribution in [0.4, 0.5) is 16.2 Å². The van der Waals surface area contributed by atoms with Crippen LogP contribution in [0, 0.1) is 0 Å². The number of nitrogen functional groups attached to an aromatic ring is 1. The highest BCUT2D eigenvalue weighted by Crippen LogP contribution is 2.11. The van der Waals surface area contributed by atoms with Gasteiger partial charge in [0.1, 0.15) is 5.76 Å². The van der Waals surface area contributed by atoms with Crippen LogP contribution in [-0.4, -0.2) is 11.0 Å². The summed E-state index contributed by atoms with van der Waals surface area (Å²) in [4.78, 5) is 15.7. The first-order valence-electron chi connectivity index (χ1n) is 6.01. The molecule has 1 heterocycles. The van der Waals surface area contributed by atoms with Crippen LogP contribution in [0.5, 0.6) is 0 Å². The highest BCUT2D eigenvalue weighted by Gasteiger charge is 2.05. The zero-order valence-electron chi connectivity index (χ0n) is 10.6. The molecule has 0 saturated heterocycles. The van der Waals surface area contributed by atoms with Gasteiger partial charge in [-0.3, -0.25) is 0 Å². The molecule has 2 amide bonds. The fourth-order valence-corrected chi connectivity index (χ4v) is 1.54. The van der Waals surface area contributed by atoms with Crippen molar-refractivity contribution in [3.63, 3.8) is 0 Å². The third-order valence-corrected chi connectivity index (χ3v) is 2.49. The highest BCUT2D eigenvalue weighted by molar-refractivity contribution is 5.89. The summed E-state index contributed by atoms with van der Waals surface area (Å²) in [6.45, 7) is 2.22. The maximum atomic E-state index is 11.6. The summed E-state index contributed by atoms with van der Waals surface area (Å²) < 4.78 is 5.38. The Balaban J connectivity index is 1.84. The molecular formula is C13H16N4O2. The summed E-state index contributed by atoms with van der Waals surface area (Å²) >= 11 is 0. The van der Waals surface area contributed by atoms with Gasteiger partial charge in [0.2, 0.25) is 5.89 Å². The molecular weight excluding hydrogens is 244 g/mol. The molecule has 6 heteroatoms. The summed E-state index contributed by atoms with van der Waals surface area (Å²) in [5, 5.41) is 5.33. The average molecular weight is 260 g/mol. The quantitative estimate of drug-likeness (QED) is 0.734. The van der Waals surface area contributed by atoms with Gasteiger partial charge in [-0.1, -0.05) is 13.0 Å². The lowest BCUT2D eigenvalue weighted by atomic mass is 10.3. The second kappa shape index (κ2) is 5.90. The van der Waals surface area contributed by atoms with Crippen LogP contribution in [0.3, 0.4) is 0 Å². The number of urea groups is 1. The number of carbonyl (C=O) groups is 1. The summed E-state index contributed by atoms with van der Waals surface area (Å²) in [5.74, 6) is 1.28. The second-order valence-electron chi connectivity index (χ2n) is 4.01. The van der Waals surface area contributed by atoms with Gasteiger partial charge in [-0.15, -0.1) is 0 Å². The molecule has 2 rings (SSSR count). The molecule has 0 radical (unpaired) electrons. The van der Waals surface area contributed by atoms with Gasteiger partial charge < -0.3 is 20.8 Å². The van der Waals surface area contributed by atoms with Crippen LogP contribution in [0.25, 0.3) is 0 Å². The Morgan fingerprint density at radius 1 is 1.47 bits per heavy atom. The maximum absolute atomic E-state index is 11.6. The third-order valence-electron chi connectivity index (χ3n) is 2.49. The largest absolute Gasteiger partial charge is 0.444 e. The van der Waals surface area contributed by atoms with E-state index in [1.54, 1.807) is 30.5 Å². The topological polar surface area (TPSA) is 93.2 Å². The summed E-state index contributed by atoms with van der Waals surface area (Å²) in [5.41, 5.74) is 6.85. The van der Waals surface area contributed by atoms with E-state index in [9.17, 15) is 4.79 Å². The van der Waals surface area contributed by atoms with E-state index in [2.05, 4.69) is 15.6 Å². The molecule has 2 aromatic rings. The van der Waals surface area contributed by atoms with Gasteiger partial charge in [0.25, 0.3) is 0 Å². The molecule has 0 spiro atoms. The SMILES string of the molecule is CCc1cnc(CNC(=O)Nc2cccc(N)c2)o1. The zero-order valence-corrected chi connectivity index (χ0v) is 10.6. The minimum Gasteiger partial charge on any atom is -0.444 e. The zero-order chi connectivity index (χ0) is 13.7.